The number of nitrogens with zero attached hydrogens (tertiary/aromatic N) is 1. The van der Waals surface area contributed by atoms with E-state index in [0.29, 0.717) is 12.2 Å². The molecule has 0 bridgehead atoms. The minimum absolute atomic E-state index is 0.266. The molecule has 0 aliphatic rings. The highest BCUT2D eigenvalue weighted by Crippen LogP contribution is 2.35. The SMILES string of the molecule is Cc1cc(Br)c(OCc2ccc(C(=O)OCC(=O)N(C)C)cc2)c(Br)c1. The minimum Gasteiger partial charge on any atom is -0.487 e. The van der Waals surface area contributed by atoms with E-state index in [1.807, 2.05) is 19.1 Å². The van der Waals surface area contributed by atoms with E-state index >= 15 is 0 Å². The molecule has 0 heterocycles. The van der Waals surface area contributed by atoms with E-state index in [2.05, 4.69) is 31.9 Å². The van der Waals surface area contributed by atoms with Gasteiger partial charge in [-0.3, -0.25) is 4.79 Å². The molecule has 0 spiro atoms. The Hall–Kier alpha value is -1.86. The van der Waals surface area contributed by atoms with Crippen LogP contribution in [0.2, 0.25) is 0 Å². The molecule has 7 heteroatoms. The summed E-state index contributed by atoms with van der Waals surface area (Å²) in [6.45, 7) is 2.09. The van der Waals surface area contributed by atoms with Crippen LogP contribution >= 0.6 is 31.9 Å². The van der Waals surface area contributed by atoms with Crippen molar-refractivity contribution in [2.24, 2.45) is 0 Å². The van der Waals surface area contributed by atoms with Crippen molar-refractivity contribution in [1.82, 2.24) is 4.90 Å². The number of benzene rings is 2. The van der Waals surface area contributed by atoms with Crippen molar-refractivity contribution in [3.8, 4) is 5.75 Å². The molecule has 0 fully saturated rings. The van der Waals surface area contributed by atoms with Crippen molar-refractivity contribution in [1.29, 1.82) is 0 Å². The first kappa shape index (κ1) is 20.5. The normalized spacial score (nSPS) is 10.3. The highest BCUT2D eigenvalue weighted by Gasteiger charge is 2.12. The molecule has 2 aromatic rings. The van der Waals surface area contributed by atoms with E-state index in [-0.39, 0.29) is 12.5 Å². The van der Waals surface area contributed by atoms with Crippen molar-refractivity contribution in [2.45, 2.75) is 13.5 Å². The fourth-order valence-corrected chi connectivity index (χ4v) is 3.70. The number of carbonyl (C=O) groups is 2. The Morgan fingerprint density at radius 1 is 1.04 bits per heavy atom. The van der Waals surface area contributed by atoms with Gasteiger partial charge in [0.05, 0.1) is 14.5 Å². The summed E-state index contributed by atoms with van der Waals surface area (Å²) in [6.07, 6.45) is 0. The van der Waals surface area contributed by atoms with Crippen molar-refractivity contribution >= 4 is 43.7 Å². The first-order chi connectivity index (χ1) is 12.3. The number of likely N-dealkylation sites (N-methyl/N-ethyl adjacent to an activating group) is 1. The van der Waals surface area contributed by atoms with E-state index in [1.54, 1.807) is 38.4 Å². The zero-order valence-corrected chi connectivity index (χ0v) is 17.9. The Morgan fingerprint density at radius 2 is 1.62 bits per heavy atom. The molecular formula is C19H19Br2NO4. The molecule has 1 amide bonds. The van der Waals surface area contributed by atoms with Crippen LogP contribution in [0.1, 0.15) is 21.5 Å². The van der Waals surface area contributed by atoms with Crippen LogP contribution in [0.25, 0.3) is 0 Å². The number of ether oxygens (including phenoxy) is 2. The van der Waals surface area contributed by atoms with E-state index in [9.17, 15) is 9.59 Å². The molecule has 0 saturated carbocycles. The lowest BCUT2D eigenvalue weighted by Crippen LogP contribution is -2.27. The zero-order valence-electron chi connectivity index (χ0n) is 14.7. The predicted octanol–water partition coefficient (Wildman–Crippen LogP) is 4.34. The highest BCUT2D eigenvalue weighted by atomic mass is 79.9. The van der Waals surface area contributed by atoms with Crippen molar-refractivity contribution in [3.05, 3.63) is 62.0 Å². The van der Waals surface area contributed by atoms with Gasteiger partial charge < -0.3 is 14.4 Å². The molecule has 2 aromatic carbocycles. The summed E-state index contributed by atoms with van der Waals surface area (Å²) in [7, 11) is 3.21. The largest absolute Gasteiger partial charge is 0.487 e. The summed E-state index contributed by atoms with van der Waals surface area (Å²) < 4.78 is 12.6. The lowest BCUT2D eigenvalue weighted by atomic mass is 10.1. The van der Waals surface area contributed by atoms with Crippen LogP contribution in [0, 0.1) is 6.92 Å². The molecule has 0 N–H and O–H groups in total. The summed E-state index contributed by atoms with van der Waals surface area (Å²) in [6, 6.07) is 10.9. The third-order valence-corrected chi connectivity index (χ3v) is 4.72. The second kappa shape index (κ2) is 9.19. The Balaban J connectivity index is 1.95. The lowest BCUT2D eigenvalue weighted by Gasteiger charge is -2.12. The standard InChI is InChI=1S/C19H19Br2NO4/c1-12-8-15(20)18(16(21)9-12)25-10-13-4-6-14(7-5-13)19(24)26-11-17(23)22(2)3/h4-9H,10-11H2,1-3H3. The summed E-state index contributed by atoms with van der Waals surface area (Å²) in [5.41, 5.74) is 2.41. The maximum atomic E-state index is 11.9. The molecule has 0 radical (unpaired) electrons. The minimum atomic E-state index is -0.531. The van der Waals surface area contributed by atoms with Gasteiger partial charge >= 0.3 is 5.97 Å². The summed E-state index contributed by atoms with van der Waals surface area (Å²) in [5.74, 6) is -0.0735. The number of amides is 1. The third-order valence-electron chi connectivity index (χ3n) is 3.54. The molecule has 5 nitrogen and oxygen atoms in total. The van der Waals surface area contributed by atoms with Crippen LogP contribution in [-0.2, 0) is 16.1 Å². The molecule has 0 atom stereocenters. The van der Waals surface area contributed by atoms with Crippen LogP contribution in [0.3, 0.4) is 0 Å². The third kappa shape index (κ3) is 5.57. The zero-order chi connectivity index (χ0) is 19.3. The molecular weight excluding hydrogens is 466 g/mol. The van der Waals surface area contributed by atoms with Crippen molar-refractivity contribution in [2.75, 3.05) is 20.7 Å². The van der Waals surface area contributed by atoms with Crippen LogP contribution in [0.15, 0.2) is 45.3 Å². The Kier molecular flexibility index (Phi) is 7.23. The fourth-order valence-electron chi connectivity index (χ4n) is 2.06. The first-order valence-electron chi connectivity index (χ1n) is 7.82. The molecule has 0 aromatic heterocycles. The smallest absolute Gasteiger partial charge is 0.338 e. The van der Waals surface area contributed by atoms with Gasteiger partial charge in [-0.05, 0) is 74.2 Å². The molecule has 0 saturated heterocycles. The molecule has 26 heavy (non-hydrogen) atoms. The van der Waals surface area contributed by atoms with E-state index in [4.69, 9.17) is 9.47 Å². The van der Waals surface area contributed by atoms with Crippen molar-refractivity contribution < 1.29 is 19.1 Å². The number of hydrogen-bond donors (Lipinski definition) is 0. The number of hydrogen-bond acceptors (Lipinski definition) is 4. The second-order valence-electron chi connectivity index (χ2n) is 5.91. The molecule has 0 aliphatic heterocycles. The number of aryl methyl sites for hydroxylation is 1. The number of esters is 1. The predicted molar refractivity (Wildman–Crippen MR) is 106 cm³/mol. The Bertz CT molecular complexity index is 781. The molecule has 138 valence electrons. The summed E-state index contributed by atoms with van der Waals surface area (Å²) in [5, 5.41) is 0. The van der Waals surface area contributed by atoms with Crippen LogP contribution in [0.4, 0.5) is 0 Å². The summed E-state index contributed by atoms with van der Waals surface area (Å²) in [4.78, 5) is 24.8. The molecule has 0 unspecified atom stereocenters. The number of carbonyl (C=O) groups excluding carboxylic acids is 2. The maximum Gasteiger partial charge on any atom is 0.338 e. The van der Waals surface area contributed by atoms with Gasteiger partial charge in [-0.1, -0.05) is 12.1 Å². The average Bonchev–Trinajstić information content (AvgIpc) is 2.58. The van der Waals surface area contributed by atoms with E-state index in [1.165, 1.54) is 4.90 Å². The van der Waals surface area contributed by atoms with Gasteiger partial charge in [0.25, 0.3) is 5.91 Å². The van der Waals surface area contributed by atoms with E-state index < -0.39 is 5.97 Å². The maximum absolute atomic E-state index is 11.9. The quantitative estimate of drug-likeness (QED) is 0.572. The molecule has 2 rings (SSSR count). The van der Waals surface area contributed by atoms with Gasteiger partial charge in [0.1, 0.15) is 12.4 Å². The summed E-state index contributed by atoms with van der Waals surface area (Å²) >= 11 is 6.99. The Labute approximate surface area is 169 Å². The van der Waals surface area contributed by atoms with Crippen LogP contribution in [0.5, 0.6) is 5.75 Å². The second-order valence-corrected chi connectivity index (χ2v) is 7.62. The Morgan fingerprint density at radius 3 is 2.15 bits per heavy atom. The van der Waals surface area contributed by atoms with Gasteiger partial charge in [0, 0.05) is 14.1 Å². The van der Waals surface area contributed by atoms with Gasteiger partial charge in [-0.15, -0.1) is 0 Å². The van der Waals surface area contributed by atoms with Gasteiger partial charge in [-0.25, -0.2) is 4.79 Å². The molecule has 0 aliphatic carbocycles. The van der Waals surface area contributed by atoms with Gasteiger partial charge in [-0.2, -0.15) is 0 Å². The van der Waals surface area contributed by atoms with Gasteiger partial charge in [0.15, 0.2) is 6.61 Å². The number of rotatable bonds is 6. The highest BCUT2D eigenvalue weighted by molar-refractivity contribution is 9.11. The topological polar surface area (TPSA) is 55.8 Å². The fraction of sp³-hybridized carbons (Fsp3) is 0.263. The average molecular weight is 485 g/mol. The lowest BCUT2D eigenvalue weighted by molar-refractivity contribution is -0.131. The van der Waals surface area contributed by atoms with E-state index in [0.717, 1.165) is 25.8 Å². The number of halogens is 2. The van der Waals surface area contributed by atoms with Gasteiger partial charge in [0.2, 0.25) is 0 Å². The monoisotopic (exact) mass is 483 g/mol. The first-order valence-corrected chi connectivity index (χ1v) is 9.41. The van der Waals surface area contributed by atoms with Crippen molar-refractivity contribution in [3.63, 3.8) is 0 Å². The van der Waals surface area contributed by atoms with Crippen LogP contribution in [-0.4, -0.2) is 37.5 Å². The van der Waals surface area contributed by atoms with Crippen LogP contribution < -0.4 is 4.74 Å².